The van der Waals surface area contributed by atoms with Crippen LogP contribution >= 0.6 is 27.5 Å². The maximum absolute atomic E-state index is 12.2. The maximum atomic E-state index is 12.2. The summed E-state index contributed by atoms with van der Waals surface area (Å²) in [7, 11) is 0. The summed E-state index contributed by atoms with van der Waals surface area (Å²) in [4.78, 5) is 24.8. The van der Waals surface area contributed by atoms with Gasteiger partial charge in [0.05, 0.1) is 10.7 Å². The molecular weight excluding hydrogens is 348 g/mol. The number of hydrogen-bond acceptors (Lipinski definition) is 2. The number of nitrogens with zero attached hydrogens (tertiary/aromatic N) is 1. The van der Waals surface area contributed by atoms with Crippen LogP contribution in [0.2, 0.25) is 5.02 Å². The second-order valence-corrected chi connectivity index (χ2v) is 5.92. The Kier molecular flexibility index (Phi) is 4.88. The van der Waals surface area contributed by atoms with Crippen molar-refractivity contribution in [3.8, 4) is 0 Å². The maximum Gasteiger partial charge on any atom is 0.326 e. The first-order valence-corrected chi connectivity index (χ1v) is 7.41. The van der Waals surface area contributed by atoms with Crippen LogP contribution in [0.25, 0.3) is 0 Å². The number of nitrogens with one attached hydrogen (secondary N) is 1. The van der Waals surface area contributed by atoms with Crippen molar-refractivity contribution < 1.29 is 14.7 Å². The van der Waals surface area contributed by atoms with E-state index in [-0.39, 0.29) is 0 Å². The van der Waals surface area contributed by atoms with E-state index in [0.29, 0.717) is 23.7 Å². The Morgan fingerprint density at radius 2 is 2.15 bits per heavy atom. The summed E-state index contributed by atoms with van der Waals surface area (Å²) in [6.45, 7) is 0.439. The summed E-state index contributed by atoms with van der Waals surface area (Å²) in [6, 6.07) is 3.90. The van der Waals surface area contributed by atoms with Gasteiger partial charge in [-0.05, 0) is 37.5 Å². The van der Waals surface area contributed by atoms with Gasteiger partial charge in [0.2, 0.25) is 0 Å². The molecule has 1 atom stereocenters. The molecule has 1 aromatic rings. The quantitative estimate of drug-likeness (QED) is 0.846. The molecule has 1 aliphatic rings. The number of amides is 2. The van der Waals surface area contributed by atoms with Crippen LogP contribution < -0.4 is 5.32 Å². The topological polar surface area (TPSA) is 69.6 Å². The number of carbonyl (C=O) groups is 2. The van der Waals surface area contributed by atoms with Gasteiger partial charge in [0.25, 0.3) is 0 Å². The van der Waals surface area contributed by atoms with E-state index >= 15 is 0 Å². The monoisotopic (exact) mass is 360 g/mol. The van der Waals surface area contributed by atoms with Crippen LogP contribution in [0.4, 0.5) is 10.5 Å². The van der Waals surface area contributed by atoms with Crippen molar-refractivity contribution >= 4 is 45.2 Å². The second-order valence-electron chi connectivity index (χ2n) is 4.60. The summed E-state index contributed by atoms with van der Waals surface area (Å²) < 4.78 is 0.783. The number of benzene rings is 1. The molecule has 2 N–H and O–H groups in total. The van der Waals surface area contributed by atoms with Crippen LogP contribution in [-0.2, 0) is 4.79 Å². The van der Waals surface area contributed by atoms with E-state index in [1.807, 2.05) is 0 Å². The van der Waals surface area contributed by atoms with Gasteiger partial charge in [-0.1, -0.05) is 27.5 Å². The van der Waals surface area contributed by atoms with Crippen LogP contribution in [0.15, 0.2) is 22.7 Å². The highest BCUT2D eigenvalue weighted by Gasteiger charge is 2.32. The molecule has 0 bridgehead atoms. The Bertz CT molecular complexity index is 538. The Morgan fingerprint density at radius 1 is 1.40 bits per heavy atom. The molecule has 0 saturated carbocycles. The number of piperidine rings is 1. The minimum atomic E-state index is -0.972. The highest BCUT2D eigenvalue weighted by molar-refractivity contribution is 9.10. The van der Waals surface area contributed by atoms with Gasteiger partial charge in [-0.3, -0.25) is 0 Å². The minimum absolute atomic E-state index is 0.408. The largest absolute Gasteiger partial charge is 0.480 e. The van der Waals surface area contributed by atoms with Crippen LogP contribution in [0.1, 0.15) is 19.3 Å². The molecule has 2 rings (SSSR count). The summed E-state index contributed by atoms with van der Waals surface area (Å²) >= 11 is 9.31. The first-order valence-electron chi connectivity index (χ1n) is 6.24. The number of aliphatic carboxylic acids is 1. The molecule has 0 aliphatic carbocycles. The van der Waals surface area contributed by atoms with Crippen LogP contribution in [0.5, 0.6) is 0 Å². The zero-order valence-electron chi connectivity index (χ0n) is 10.6. The number of hydrogen-bond donors (Lipinski definition) is 2. The molecule has 20 heavy (non-hydrogen) atoms. The fourth-order valence-electron chi connectivity index (χ4n) is 2.21. The molecular formula is C13H14BrClN2O3. The summed E-state index contributed by atoms with van der Waals surface area (Å²) in [5.41, 5.74) is 0.459. The normalized spacial score (nSPS) is 18.7. The third-order valence-electron chi connectivity index (χ3n) is 3.22. The van der Waals surface area contributed by atoms with E-state index in [1.165, 1.54) is 4.90 Å². The Balaban J connectivity index is 2.14. The Morgan fingerprint density at radius 3 is 2.85 bits per heavy atom. The number of urea groups is 1. The molecule has 108 valence electrons. The van der Waals surface area contributed by atoms with Crippen molar-refractivity contribution in [2.75, 3.05) is 11.9 Å². The number of carbonyl (C=O) groups excluding carboxylic acids is 1. The standard InChI is InChI=1S/C13H14BrClN2O3/c14-8-4-5-9(15)10(7-8)16-13(20)17-6-2-1-3-11(17)12(18)19/h4-5,7,11H,1-3,6H2,(H,16,20)(H,18,19). The number of anilines is 1. The summed E-state index contributed by atoms with van der Waals surface area (Å²) in [6.07, 6.45) is 2.11. The predicted octanol–water partition coefficient (Wildman–Crippen LogP) is 3.57. The van der Waals surface area contributed by atoms with Crippen molar-refractivity contribution in [1.82, 2.24) is 4.90 Å². The summed E-state index contributed by atoms with van der Waals surface area (Å²) in [5.74, 6) is -0.972. The molecule has 2 amide bonds. The molecule has 1 unspecified atom stereocenters. The molecule has 0 spiro atoms. The first kappa shape index (κ1) is 15.1. The average Bonchev–Trinajstić information content (AvgIpc) is 2.42. The zero-order valence-corrected chi connectivity index (χ0v) is 12.9. The van der Waals surface area contributed by atoms with E-state index < -0.39 is 18.0 Å². The van der Waals surface area contributed by atoms with Gasteiger partial charge in [-0.2, -0.15) is 0 Å². The molecule has 7 heteroatoms. The van der Waals surface area contributed by atoms with Gasteiger partial charge < -0.3 is 15.3 Å². The Labute approximate surface area is 130 Å². The molecule has 1 aliphatic heterocycles. The van der Waals surface area contributed by atoms with Crippen LogP contribution in [-0.4, -0.2) is 34.6 Å². The van der Waals surface area contributed by atoms with Crippen molar-refractivity contribution in [1.29, 1.82) is 0 Å². The van der Waals surface area contributed by atoms with Gasteiger partial charge in [-0.15, -0.1) is 0 Å². The number of carboxylic acids is 1. The number of carboxylic acid groups (broad SMARTS) is 1. The van der Waals surface area contributed by atoms with E-state index in [2.05, 4.69) is 21.2 Å². The smallest absolute Gasteiger partial charge is 0.326 e. The van der Waals surface area contributed by atoms with Crippen molar-refractivity contribution in [2.24, 2.45) is 0 Å². The molecule has 1 heterocycles. The van der Waals surface area contributed by atoms with Gasteiger partial charge in [0.15, 0.2) is 0 Å². The number of halogens is 2. The first-order chi connectivity index (χ1) is 9.49. The lowest BCUT2D eigenvalue weighted by Crippen LogP contribution is -2.49. The molecule has 5 nitrogen and oxygen atoms in total. The van der Waals surface area contributed by atoms with Crippen LogP contribution in [0, 0.1) is 0 Å². The molecule has 1 saturated heterocycles. The van der Waals surface area contributed by atoms with E-state index in [1.54, 1.807) is 18.2 Å². The second kappa shape index (κ2) is 6.45. The minimum Gasteiger partial charge on any atom is -0.480 e. The average molecular weight is 362 g/mol. The molecule has 1 fully saturated rings. The lowest BCUT2D eigenvalue weighted by atomic mass is 10.0. The zero-order chi connectivity index (χ0) is 14.7. The fourth-order valence-corrected chi connectivity index (χ4v) is 2.74. The van der Waals surface area contributed by atoms with Gasteiger partial charge >= 0.3 is 12.0 Å². The number of likely N-dealkylation sites (tertiary alicyclic amines) is 1. The highest BCUT2D eigenvalue weighted by Crippen LogP contribution is 2.27. The van der Waals surface area contributed by atoms with Gasteiger partial charge in [0.1, 0.15) is 6.04 Å². The van der Waals surface area contributed by atoms with Crippen molar-refractivity contribution in [2.45, 2.75) is 25.3 Å². The van der Waals surface area contributed by atoms with E-state index in [0.717, 1.165) is 17.3 Å². The number of rotatable bonds is 2. The SMILES string of the molecule is O=C(O)C1CCCCN1C(=O)Nc1cc(Br)ccc1Cl. The Hall–Kier alpha value is -1.27. The van der Waals surface area contributed by atoms with Gasteiger partial charge in [0, 0.05) is 11.0 Å². The van der Waals surface area contributed by atoms with Crippen molar-refractivity contribution in [3.63, 3.8) is 0 Å². The van der Waals surface area contributed by atoms with Crippen molar-refractivity contribution in [3.05, 3.63) is 27.7 Å². The lowest BCUT2D eigenvalue weighted by Gasteiger charge is -2.32. The van der Waals surface area contributed by atoms with Crippen LogP contribution in [0.3, 0.4) is 0 Å². The molecule has 1 aromatic carbocycles. The molecule has 0 radical (unpaired) electrons. The molecule has 0 aromatic heterocycles. The van der Waals surface area contributed by atoms with E-state index in [4.69, 9.17) is 16.7 Å². The predicted molar refractivity (Wildman–Crippen MR) is 80.2 cm³/mol. The van der Waals surface area contributed by atoms with E-state index in [9.17, 15) is 9.59 Å². The van der Waals surface area contributed by atoms with Gasteiger partial charge in [-0.25, -0.2) is 9.59 Å². The third kappa shape index (κ3) is 3.43. The fraction of sp³-hybridized carbons (Fsp3) is 0.385. The lowest BCUT2D eigenvalue weighted by molar-refractivity contribution is -0.143. The summed E-state index contributed by atoms with van der Waals surface area (Å²) in [5, 5.41) is 12.2. The highest BCUT2D eigenvalue weighted by atomic mass is 79.9. The third-order valence-corrected chi connectivity index (χ3v) is 4.04.